The van der Waals surface area contributed by atoms with Gasteiger partial charge >= 0.3 is 0 Å². The molecule has 13 heavy (non-hydrogen) atoms. The van der Waals surface area contributed by atoms with Crippen LogP contribution in [0.25, 0.3) is 0 Å². The molecular formula is C11H18O2. The van der Waals surface area contributed by atoms with E-state index >= 15 is 0 Å². The topological polar surface area (TPSA) is 26.3 Å². The lowest BCUT2D eigenvalue weighted by Crippen LogP contribution is -2.51. The molecule has 0 bridgehead atoms. The van der Waals surface area contributed by atoms with Crippen LogP contribution in [0.3, 0.4) is 0 Å². The van der Waals surface area contributed by atoms with Gasteiger partial charge in [0.25, 0.3) is 0 Å². The molecule has 2 nitrogen and oxygen atoms in total. The van der Waals surface area contributed by atoms with Crippen LogP contribution in [-0.2, 0) is 9.53 Å². The van der Waals surface area contributed by atoms with Crippen LogP contribution in [0.1, 0.15) is 45.4 Å². The number of methoxy groups -OCH3 is 1. The molecule has 2 aliphatic rings. The summed E-state index contributed by atoms with van der Waals surface area (Å²) in [5.41, 5.74) is -0.275. The van der Waals surface area contributed by atoms with Gasteiger partial charge < -0.3 is 4.74 Å². The van der Waals surface area contributed by atoms with Crippen LogP contribution in [0.15, 0.2) is 0 Å². The molecule has 0 radical (unpaired) electrons. The van der Waals surface area contributed by atoms with Gasteiger partial charge in [-0.1, -0.05) is 0 Å². The van der Waals surface area contributed by atoms with Crippen molar-refractivity contribution in [2.24, 2.45) is 5.41 Å². The summed E-state index contributed by atoms with van der Waals surface area (Å²) in [5, 5.41) is 0. The molecule has 0 aromatic rings. The molecule has 0 saturated heterocycles. The zero-order valence-corrected chi connectivity index (χ0v) is 8.56. The first kappa shape index (κ1) is 9.20. The molecule has 2 aliphatic carbocycles. The van der Waals surface area contributed by atoms with Gasteiger partial charge in [0.1, 0.15) is 5.78 Å². The summed E-state index contributed by atoms with van der Waals surface area (Å²) in [5.74, 6) is 0.429. The molecule has 2 atom stereocenters. The zero-order chi connectivity index (χ0) is 9.53. The molecule has 0 amide bonds. The molecule has 74 valence electrons. The SMILES string of the molecule is COC12CCCC(=O)C1(C)CCC2. The molecular weight excluding hydrogens is 164 g/mol. The maximum Gasteiger partial charge on any atom is 0.141 e. The Morgan fingerprint density at radius 3 is 2.54 bits per heavy atom. The number of carbonyl (C=O) groups excluding carboxylic acids is 1. The van der Waals surface area contributed by atoms with Gasteiger partial charge in [-0.05, 0) is 39.0 Å². The fourth-order valence-corrected chi connectivity index (χ4v) is 3.27. The fourth-order valence-electron chi connectivity index (χ4n) is 3.27. The monoisotopic (exact) mass is 182 g/mol. The Morgan fingerprint density at radius 2 is 1.92 bits per heavy atom. The van der Waals surface area contributed by atoms with E-state index in [0.717, 1.165) is 38.5 Å². The van der Waals surface area contributed by atoms with Crippen molar-refractivity contribution in [2.75, 3.05) is 7.11 Å². The third kappa shape index (κ3) is 1.01. The number of hydrogen-bond acceptors (Lipinski definition) is 2. The molecule has 0 N–H and O–H groups in total. The van der Waals surface area contributed by atoms with Gasteiger partial charge in [0, 0.05) is 13.5 Å². The minimum Gasteiger partial charge on any atom is -0.377 e. The van der Waals surface area contributed by atoms with E-state index in [0.29, 0.717) is 5.78 Å². The van der Waals surface area contributed by atoms with Gasteiger partial charge in [0.05, 0.1) is 11.0 Å². The molecule has 0 aromatic heterocycles. The zero-order valence-electron chi connectivity index (χ0n) is 8.56. The van der Waals surface area contributed by atoms with Crippen LogP contribution in [0.2, 0.25) is 0 Å². The minimum absolute atomic E-state index is 0.109. The van der Waals surface area contributed by atoms with Crippen molar-refractivity contribution in [3.8, 4) is 0 Å². The summed E-state index contributed by atoms with van der Waals surface area (Å²) in [7, 11) is 1.77. The summed E-state index contributed by atoms with van der Waals surface area (Å²) in [6.07, 6.45) is 6.11. The summed E-state index contributed by atoms with van der Waals surface area (Å²) >= 11 is 0. The maximum atomic E-state index is 11.9. The van der Waals surface area contributed by atoms with Crippen molar-refractivity contribution in [1.82, 2.24) is 0 Å². The highest BCUT2D eigenvalue weighted by molar-refractivity contribution is 5.87. The van der Waals surface area contributed by atoms with Gasteiger partial charge in [-0.2, -0.15) is 0 Å². The lowest BCUT2D eigenvalue weighted by Gasteiger charge is -2.45. The highest BCUT2D eigenvalue weighted by Crippen LogP contribution is 2.54. The number of hydrogen-bond donors (Lipinski definition) is 0. The van der Waals surface area contributed by atoms with E-state index in [1.165, 1.54) is 0 Å². The molecule has 0 aromatic carbocycles. The van der Waals surface area contributed by atoms with E-state index in [4.69, 9.17) is 4.74 Å². The largest absolute Gasteiger partial charge is 0.377 e. The predicted octanol–water partition coefficient (Wildman–Crippen LogP) is 2.31. The lowest BCUT2D eigenvalue weighted by atomic mass is 9.65. The first-order valence-corrected chi connectivity index (χ1v) is 5.23. The van der Waals surface area contributed by atoms with E-state index in [-0.39, 0.29) is 11.0 Å². The predicted molar refractivity (Wildman–Crippen MR) is 50.6 cm³/mol. The van der Waals surface area contributed by atoms with Crippen LogP contribution < -0.4 is 0 Å². The van der Waals surface area contributed by atoms with E-state index in [9.17, 15) is 4.79 Å². The van der Waals surface area contributed by atoms with Crippen molar-refractivity contribution in [2.45, 2.75) is 51.0 Å². The minimum atomic E-state index is -0.167. The lowest BCUT2D eigenvalue weighted by molar-refractivity contribution is -0.155. The van der Waals surface area contributed by atoms with Crippen molar-refractivity contribution in [1.29, 1.82) is 0 Å². The number of carbonyl (C=O) groups is 1. The highest BCUT2D eigenvalue weighted by atomic mass is 16.5. The van der Waals surface area contributed by atoms with Crippen molar-refractivity contribution >= 4 is 5.78 Å². The molecule has 2 heteroatoms. The van der Waals surface area contributed by atoms with E-state index < -0.39 is 0 Å². The number of Topliss-reactive ketones (excluding diaryl/α,β-unsaturated/α-hetero) is 1. The van der Waals surface area contributed by atoms with Gasteiger partial charge in [0.15, 0.2) is 0 Å². The van der Waals surface area contributed by atoms with E-state index in [2.05, 4.69) is 6.92 Å². The average Bonchev–Trinajstić information content (AvgIpc) is 2.46. The van der Waals surface area contributed by atoms with E-state index in [1.807, 2.05) is 0 Å². The molecule has 0 heterocycles. The summed E-state index contributed by atoms with van der Waals surface area (Å²) in [6.45, 7) is 2.10. The van der Waals surface area contributed by atoms with Crippen molar-refractivity contribution in [3.63, 3.8) is 0 Å². The summed E-state index contributed by atoms with van der Waals surface area (Å²) in [4.78, 5) is 11.9. The standard InChI is InChI=1S/C11H18O2/c1-10-6-4-8-11(10,13-2)7-3-5-9(10)12/h3-8H2,1-2H3. The second-order valence-electron chi connectivity index (χ2n) is 4.66. The second kappa shape index (κ2) is 2.81. The smallest absolute Gasteiger partial charge is 0.141 e. The van der Waals surface area contributed by atoms with Crippen LogP contribution >= 0.6 is 0 Å². The van der Waals surface area contributed by atoms with Gasteiger partial charge in [-0.15, -0.1) is 0 Å². The molecule has 2 rings (SSSR count). The summed E-state index contributed by atoms with van der Waals surface area (Å²) in [6, 6.07) is 0. The van der Waals surface area contributed by atoms with E-state index in [1.54, 1.807) is 7.11 Å². The first-order chi connectivity index (χ1) is 6.15. The number of ketones is 1. The average molecular weight is 182 g/mol. The summed E-state index contributed by atoms with van der Waals surface area (Å²) < 4.78 is 5.66. The van der Waals surface area contributed by atoms with Crippen LogP contribution in [0.5, 0.6) is 0 Å². The van der Waals surface area contributed by atoms with Gasteiger partial charge in [0.2, 0.25) is 0 Å². The van der Waals surface area contributed by atoms with Crippen LogP contribution in [0.4, 0.5) is 0 Å². The molecule has 2 saturated carbocycles. The van der Waals surface area contributed by atoms with Crippen LogP contribution in [-0.4, -0.2) is 18.5 Å². The number of ether oxygens (including phenoxy) is 1. The Labute approximate surface area is 79.7 Å². The highest BCUT2D eigenvalue weighted by Gasteiger charge is 2.57. The quantitative estimate of drug-likeness (QED) is 0.622. The maximum absolute atomic E-state index is 11.9. The molecule has 0 spiro atoms. The first-order valence-electron chi connectivity index (χ1n) is 5.23. The Kier molecular flexibility index (Phi) is 1.99. The van der Waals surface area contributed by atoms with Crippen molar-refractivity contribution < 1.29 is 9.53 Å². The third-order valence-electron chi connectivity index (χ3n) is 4.25. The Bertz CT molecular complexity index is 236. The van der Waals surface area contributed by atoms with Crippen molar-refractivity contribution in [3.05, 3.63) is 0 Å². The Morgan fingerprint density at radius 1 is 1.23 bits per heavy atom. The fraction of sp³-hybridized carbons (Fsp3) is 0.909. The van der Waals surface area contributed by atoms with Gasteiger partial charge in [-0.25, -0.2) is 0 Å². The van der Waals surface area contributed by atoms with Crippen LogP contribution in [0, 0.1) is 5.41 Å². The molecule has 2 fully saturated rings. The molecule has 0 aliphatic heterocycles. The Hall–Kier alpha value is -0.370. The third-order valence-corrected chi connectivity index (χ3v) is 4.25. The molecule has 2 unspecified atom stereocenters. The number of fused-ring (bicyclic) bond motifs is 1. The Balaban J connectivity index is 2.37. The second-order valence-corrected chi connectivity index (χ2v) is 4.66. The van der Waals surface area contributed by atoms with Gasteiger partial charge in [-0.3, -0.25) is 4.79 Å². The normalized spacial score (nSPS) is 44.9. The number of rotatable bonds is 1.